The molecule has 41 heavy (non-hydrogen) atoms. The van der Waals surface area contributed by atoms with Crippen LogP contribution >= 0.6 is 11.6 Å². The average Bonchev–Trinajstić information content (AvgIpc) is 3.66. The van der Waals surface area contributed by atoms with Gasteiger partial charge in [-0.2, -0.15) is 19.0 Å². The number of fused-ring (bicyclic) bond motifs is 2. The smallest absolute Gasteiger partial charge is 0.387 e. The highest BCUT2D eigenvalue weighted by atomic mass is 35.5. The van der Waals surface area contributed by atoms with Gasteiger partial charge < -0.3 is 19.9 Å². The predicted molar refractivity (Wildman–Crippen MR) is 146 cm³/mol. The summed E-state index contributed by atoms with van der Waals surface area (Å²) in [4.78, 5) is 35.0. The molecule has 2 amide bonds. The van der Waals surface area contributed by atoms with E-state index in [-0.39, 0.29) is 45.7 Å². The van der Waals surface area contributed by atoms with Gasteiger partial charge in [-0.3, -0.25) is 14.3 Å². The lowest BCUT2D eigenvalue weighted by atomic mass is 9.93. The van der Waals surface area contributed by atoms with Crippen molar-refractivity contribution in [3.05, 3.63) is 59.6 Å². The summed E-state index contributed by atoms with van der Waals surface area (Å²) in [6.45, 7) is -0.856. The van der Waals surface area contributed by atoms with Crippen LogP contribution in [0.15, 0.2) is 49.1 Å². The van der Waals surface area contributed by atoms with E-state index in [1.54, 1.807) is 12.3 Å². The van der Waals surface area contributed by atoms with Gasteiger partial charge >= 0.3 is 6.61 Å². The SMILES string of the molecule is CN1CC[C@H]2CN(C(=O)Cn3cc(NC(=O)c4cnn5cccnc45)c(-c4cc(Cl)ccc4OC(F)F)n3)CC[C@H]21. The lowest BCUT2D eigenvalue weighted by Gasteiger charge is -2.37. The summed E-state index contributed by atoms with van der Waals surface area (Å²) in [7, 11) is 2.12. The third-order valence-electron chi connectivity index (χ3n) is 7.71. The Morgan fingerprint density at radius 1 is 1.24 bits per heavy atom. The van der Waals surface area contributed by atoms with Crippen LogP contribution in [0.5, 0.6) is 5.75 Å². The Hall–Kier alpha value is -4.10. The molecule has 3 aromatic heterocycles. The number of ether oxygens (including phenoxy) is 1. The predicted octanol–water partition coefficient (Wildman–Crippen LogP) is 3.65. The molecule has 0 saturated carbocycles. The second-order valence-electron chi connectivity index (χ2n) is 10.2. The zero-order valence-corrected chi connectivity index (χ0v) is 22.8. The van der Waals surface area contributed by atoms with Crippen molar-refractivity contribution in [1.29, 1.82) is 0 Å². The van der Waals surface area contributed by atoms with Gasteiger partial charge in [-0.1, -0.05) is 11.6 Å². The van der Waals surface area contributed by atoms with Crippen LogP contribution < -0.4 is 10.1 Å². The molecule has 2 aliphatic rings. The van der Waals surface area contributed by atoms with Crippen LogP contribution in [0.3, 0.4) is 0 Å². The Morgan fingerprint density at radius 2 is 2.10 bits per heavy atom. The van der Waals surface area contributed by atoms with E-state index in [1.807, 2.05) is 4.90 Å². The molecule has 0 spiro atoms. The molecule has 1 N–H and O–H groups in total. The van der Waals surface area contributed by atoms with E-state index in [2.05, 4.69) is 32.4 Å². The van der Waals surface area contributed by atoms with Crippen LogP contribution in [0.1, 0.15) is 23.2 Å². The number of alkyl halides is 2. The molecule has 5 heterocycles. The zero-order chi connectivity index (χ0) is 28.7. The Morgan fingerprint density at radius 3 is 2.93 bits per heavy atom. The minimum atomic E-state index is -3.10. The van der Waals surface area contributed by atoms with Crippen molar-refractivity contribution in [1.82, 2.24) is 34.2 Å². The van der Waals surface area contributed by atoms with Crippen LogP contribution in [0.2, 0.25) is 5.02 Å². The first kappa shape index (κ1) is 27.1. The molecule has 0 radical (unpaired) electrons. The van der Waals surface area contributed by atoms with Crippen molar-refractivity contribution in [3.63, 3.8) is 0 Å². The fourth-order valence-electron chi connectivity index (χ4n) is 5.74. The highest BCUT2D eigenvalue weighted by Gasteiger charge is 2.37. The number of aromatic nitrogens is 5. The van der Waals surface area contributed by atoms with E-state index in [9.17, 15) is 18.4 Å². The van der Waals surface area contributed by atoms with E-state index >= 15 is 0 Å². The molecular formula is C27H27ClF2N8O3. The molecular weight excluding hydrogens is 558 g/mol. The Kier molecular flexibility index (Phi) is 7.30. The Bertz CT molecular complexity index is 1610. The topological polar surface area (TPSA) is 110 Å². The number of amides is 2. The van der Waals surface area contributed by atoms with Crippen LogP contribution in [-0.2, 0) is 11.3 Å². The van der Waals surface area contributed by atoms with E-state index in [0.717, 1.165) is 19.4 Å². The largest absolute Gasteiger partial charge is 0.434 e. The summed E-state index contributed by atoms with van der Waals surface area (Å²) in [6.07, 6.45) is 8.01. The maximum Gasteiger partial charge on any atom is 0.387 e. The molecule has 2 fully saturated rings. The van der Waals surface area contributed by atoms with Gasteiger partial charge in [-0.15, -0.1) is 0 Å². The molecule has 0 unspecified atom stereocenters. The molecule has 2 saturated heterocycles. The Labute approximate surface area is 238 Å². The van der Waals surface area contributed by atoms with Gasteiger partial charge in [-0.05, 0) is 56.6 Å². The quantitative estimate of drug-likeness (QED) is 0.353. The van der Waals surface area contributed by atoms with Crippen molar-refractivity contribution in [2.75, 3.05) is 32.0 Å². The fourth-order valence-corrected chi connectivity index (χ4v) is 5.91. The first-order chi connectivity index (χ1) is 19.8. The number of hydrogen-bond donors (Lipinski definition) is 1. The molecule has 14 heteroatoms. The lowest BCUT2D eigenvalue weighted by Crippen LogP contribution is -2.48. The van der Waals surface area contributed by atoms with Crippen molar-refractivity contribution in [2.45, 2.75) is 32.0 Å². The number of carbonyl (C=O) groups excluding carboxylic acids is 2. The molecule has 4 aromatic rings. The van der Waals surface area contributed by atoms with Gasteiger partial charge in [0.15, 0.2) is 5.65 Å². The molecule has 2 aliphatic heterocycles. The number of rotatable bonds is 7. The minimum Gasteiger partial charge on any atom is -0.434 e. The maximum absolute atomic E-state index is 13.3. The number of likely N-dealkylation sites (tertiary alicyclic amines) is 2. The standard InChI is InChI=1S/C27H27ClF2N8O3/c1-35-9-5-16-13-36(10-6-21(16)35)23(39)15-37-14-20(33-26(40)19-12-32-38-8-2-7-31-25(19)38)24(34-37)18-11-17(28)3-4-22(18)41-27(29)30/h2-4,7-8,11-12,14,16,21,27H,5-6,9-10,13,15H2,1H3,(H,33,40)/t16-,21+/m0/s1. The first-order valence-electron chi connectivity index (χ1n) is 13.2. The van der Waals surface area contributed by atoms with Gasteiger partial charge in [0.2, 0.25) is 5.91 Å². The molecule has 6 rings (SSSR count). The minimum absolute atomic E-state index is 0.0973. The van der Waals surface area contributed by atoms with Gasteiger partial charge in [0.05, 0.1) is 11.9 Å². The third kappa shape index (κ3) is 5.46. The van der Waals surface area contributed by atoms with Crippen LogP contribution in [-0.4, -0.2) is 85.3 Å². The fraction of sp³-hybridized carbons (Fsp3) is 0.370. The molecule has 214 valence electrons. The van der Waals surface area contributed by atoms with E-state index in [1.165, 1.54) is 46.0 Å². The van der Waals surface area contributed by atoms with Crippen molar-refractivity contribution < 1.29 is 23.1 Å². The van der Waals surface area contributed by atoms with Gasteiger partial charge in [0.1, 0.15) is 23.6 Å². The van der Waals surface area contributed by atoms with E-state index in [4.69, 9.17) is 16.3 Å². The number of carbonyl (C=O) groups is 2. The van der Waals surface area contributed by atoms with E-state index < -0.39 is 12.5 Å². The molecule has 11 nitrogen and oxygen atoms in total. The summed E-state index contributed by atoms with van der Waals surface area (Å²) in [6, 6.07) is 6.30. The van der Waals surface area contributed by atoms with Gasteiger partial charge in [0, 0.05) is 48.3 Å². The molecule has 0 aliphatic carbocycles. The maximum atomic E-state index is 13.3. The number of benzene rings is 1. The highest BCUT2D eigenvalue weighted by molar-refractivity contribution is 6.31. The highest BCUT2D eigenvalue weighted by Crippen LogP contribution is 2.37. The number of nitrogens with zero attached hydrogens (tertiary/aromatic N) is 7. The number of nitrogens with one attached hydrogen (secondary N) is 1. The number of halogens is 3. The average molecular weight is 585 g/mol. The summed E-state index contributed by atoms with van der Waals surface area (Å²) in [5, 5.41) is 11.7. The number of anilines is 1. The van der Waals surface area contributed by atoms with Crippen molar-refractivity contribution in [3.8, 4) is 17.0 Å². The third-order valence-corrected chi connectivity index (χ3v) is 7.94. The summed E-state index contributed by atoms with van der Waals surface area (Å²) >= 11 is 6.21. The summed E-state index contributed by atoms with van der Waals surface area (Å²) in [5.41, 5.74) is 0.951. The zero-order valence-electron chi connectivity index (χ0n) is 22.1. The van der Waals surface area contributed by atoms with Crippen LogP contribution in [0.25, 0.3) is 16.9 Å². The first-order valence-corrected chi connectivity index (χ1v) is 13.5. The van der Waals surface area contributed by atoms with Gasteiger partial charge in [0.25, 0.3) is 5.91 Å². The van der Waals surface area contributed by atoms with Gasteiger partial charge in [-0.25, -0.2) is 9.50 Å². The molecule has 0 bridgehead atoms. The van der Waals surface area contributed by atoms with Crippen LogP contribution in [0, 0.1) is 5.92 Å². The second-order valence-corrected chi connectivity index (χ2v) is 10.7. The molecule has 1 aromatic carbocycles. The van der Waals surface area contributed by atoms with Crippen LogP contribution in [0.4, 0.5) is 14.5 Å². The van der Waals surface area contributed by atoms with E-state index in [0.29, 0.717) is 30.7 Å². The monoisotopic (exact) mass is 584 g/mol. The normalized spacial score (nSPS) is 19.1. The Balaban J connectivity index is 1.31. The second kappa shape index (κ2) is 11.1. The number of hydrogen-bond acceptors (Lipinski definition) is 7. The van der Waals surface area contributed by atoms with Crippen molar-refractivity contribution >= 4 is 34.7 Å². The van der Waals surface area contributed by atoms with Crippen molar-refractivity contribution in [2.24, 2.45) is 5.92 Å². The number of piperidine rings is 1. The molecule has 2 atom stereocenters. The summed E-state index contributed by atoms with van der Waals surface area (Å²) < 4.78 is 34.0. The lowest BCUT2D eigenvalue weighted by molar-refractivity contribution is -0.134. The summed E-state index contributed by atoms with van der Waals surface area (Å²) in [5.74, 6) is -0.411.